The second kappa shape index (κ2) is 11.1. The van der Waals surface area contributed by atoms with Gasteiger partial charge in [-0.1, -0.05) is 19.1 Å². The van der Waals surface area contributed by atoms with Gasteiger partial charge in [0.1, 0.15) is 11.6 Å². The van der Waals surface area contributed by atoms with Gasteiger partial charge in [0.05, 0.1) is 17.5 Å². The molecule has 1 amide bonds. The number of carbonyl (C=O) groups is 1. The summed E-state index contributed by atoms with van der Waals surface area (Å²) in [4.78, 5) is 15.0. The second-order valence-corrected chi connectivity index (χ2v) is 9.18. The highest BCUT2D eigenvalue weighted by Crippen LogP contribution is 2.33. The second-order valence-electron chi connectivity index (χ2n) is 9.18. The van der Waals surface area contributed by atoms with Crippen LogP contribution < -0.4 is 5.32 Å². The van der Waals surface area contributed by atoms with Gasteiger partial charge in [-0.05, 0) is 68.8 Å². The summed E-state index contributed by atoms with van der Waals surface area (Å²) in [7, 11) is 0. The van der Waals surface area contributed by atoms with Crippen LogP contribution >= 0.6 is 0 Å². The summed E-state index contributed by atoms with van der Waals surface area (Å²) in [5, 5.41) is 16.8. The molecule has 4 rings (SSSR count). The standard InChI is InChI=1S/C26H32F2N4O2/c1-2-24-22(26(34)30-20-7-3-6-18(14-20)17-33)16-29-32(24)13-5-12-31-11-4-8-25(31)21-15-19(27)9-10-23(21)28/h2,5,9-10,13,15-16,18,20,25,33H,1,3-4,6-8,11-12,14,17H2,(H,30,34). The summed E-state index contributed by atoms with van der Waals surface area (Å²) < 4.78 is 29.6. The molecule has 1 aromatic heterocycles. The van der Waals surface area contributed by atoms with Crippen LogP contribution in [-0.2, 0) is 0 Å². The molecule has 1 saturated heterocycles. The number of nitrogens with one attached hydrogen (secondary N) is 1. The Hall–Kier alpha value is -2.84. The molecule has 0 radical (unpaired) electrons. The Morgan fingerprint density at radius 1 is 1.26 bits per heavy atom. The molecule has 8 heteroatoms. The fraction of sp³-hybridized carbons (Fsp3) is 0.462. The van der Waals surface area contributed by atoms with Gasteiger partial charge in [0.2, 0.25) is 0 Å². The zero-order valence-electron chi connectivity index (χ0n) is 19.3. The highest BCUT2D eigenvalue weighted by Gasteiger charge is 2.28. The van der Waals surface area contributed by atoms with E-state index >= 15 is 0 Å². The molecule has 1 aliphatic carbocycles. The third kappa shape index (κ3) is 5.45. The van der Waals surface area contributed by atoms with Crippen molar-refractivity contribution in [3.05, 3.63) is 65.5 Å². The first-order valence-corrected chi connectivity index (χ1v) is 12.0. The molecule has 2 aliphatic rings. The minimum Gasteiger partial charge on any atom is -0.396 e. The van der Waals surface area contributed by atoms with E-state index in [1.807, 2.05) is 6.08 Å². The van der Waals surface area contributed by atoms with Crippen molar-refractivity contribution in [1.29, 1.82) is 0 Å². The SMILES string of the molecule is C=Cc1c(C(=O)NC2CCCC(CO)C2)cnn1C=CCN1CCCC1c1cc(F)ccc1F. The molecule has 3 unspecified atom stereocenters. The Labute approximate surface area is 199 Å². The quantitative estimate of drug-likeness (QED) is 0.600. The van der Waals surface area contributed by atoms with Crippen LogP contribution in [-0.4, -0.2) is 51.4 Å². The van der Waals surface area contributed by atoms with E-state index in [0.29, 0.717) is 23.4 Å². The number of aromatic nitrogens is 2. The van der Waals surface area contributed by atoms with E-state index in [0.717, 1.165) is 51.1 Å². The molecular formula is C26H32F2N4O2. The number of halogens is 2. The lowest BCUT2D eigenvalue weighted by molar-refractivity contribution is 0.0905. The fourth-order valence-corrected chi connectivity index (χ4v) is 5.17. The lowest BCUT2D eigenvalue weighted by atomic mass is 9.86. The molecule has 6 nitrogen and oxygen atoms in total. The predicted molar refractivity (Wildman–Crippen MR) is 128 cm³/mol. The Morgan fingerprint density at radius 2 is 2.12 bits per heavy atom. The predicted octanol–water partition coefficient (Wildman–Crippen LogP) is 4.39. The third-order valence-corrected chi connectivity index (χ3v) is 6.92. The summed E-state index contributed by atoms with van der Waals surface area (Å²) in [6.45, 7) is 5.33. The van der Waals surface area contributed by atoms with Crippen LogP contribution in [0.3, 0.4) is 0 Å². The summed E-state index contributed by atoms with van der Waals surface area (Å²) in [5.41, 5.74) is 1.44. The molecule has 2 fully saturated rings. The van der Waals surface area contributed by atoms with Crippen LogP contribution in [0.15, 0.2) is 37.1 Å². The number of rotatable bonds is 8. The van der Waals surface area contributed by atoms with Crippen LogP contribution in [0.2, 0.25) is 0 Å². The van der Waals surface area contributed by atoms with Crippen molar-refractivity contribution >= 4 is 18.2 Å². The lowest BCUT2D eigenvalue weighted by Crippen LogP contribution is -2.39. The van der Waals surface area contributed by atoms with E-state index < -0.39 is 5.82 Å². The number of likely N-dealkylation sites (tertiary alicyclic amines) is 1. The van der Waals surface area contributed by atoms with Crippen molar-refractivity contribution in [3.8, 4) is 0 Å². The molecule has 3 atom stereocenters. The number of aliphatic hydroxyl groups is 1. The van der Waals surface area contributed by atoms with Gasteiger partial charge in [-0.3, -0.25) is 9.69 Å². The lowest BCUT2D eigenvalue weighted by Gasteiger charge is -2.28. The third-order valence-electron chi connectivity index (χ3n) is 6.92. The fourth-order valence-electron chi connectivity index (χ4n) is 5.17. The number of carbonyl (C=O) groups excluding carboxylic acids is 1. The van der Waals surface area contributed by atoms with E-state index in [-0.39, 0.29) is 36.3 Å². The molecule has 0 spiro atoms. The smallest absolute Gasteiger partial charge is 0.255 e. The highest BCUT2D eigenvalue weighted by atomic mass is 19.1. The van der Waals surface area contributed by atoms with Gasteiger partial charge in [0.15, 0.2) is 0 Å². The van der Waals surface area contributed by atoms with Gasteiger partial charge in [-0.15, -0.1) is 0 Å². The molecule has 2 aromatic rings. The number of hydrogen-bond acceptors (Lipinski definition) is 4. The molecule has 1 aromatic carbocycles. The van der Waals surface area contributed by atoms with Crippen LogP contribution in [0.1, 0.15) is 66.2 Å². The van der Waals surface area contributed by atoms with Crippen LogP contribution in [0.5, 0.6) is 0 Å². The average molecular weight is 471 g/mol. The number of hydrogen-bond donors (Lipinski definition) is 2. The first-order chi connectivity index (χ1) is 16.5. The molecule has 1 aliphatic heterocycles. The minimum absolute atomic E-state index is 0.0466. The van der Waals surface area contributed by atoms with Gasteiger partial charge in [0, 0.05) is 37.0 Å². The topological polar surface area (TPSA) is 70.4 Å². The minimum atomic E-state index is -0.433. The monoisotopic (exact) mass is 470 g/mol. The first-order valence-electron chi connectivity index (χ1n) is 12.0. The summed E-state index contributed by atoms with van der Waals surface area (Å²) >= 11 is 0. The molecule has 1 saturated carbocycles. The molecule has 0 bridgehead atoms. The Kier molecular flexibility index (Phi) is 7.90. The van der Waals surface area contributed by atoms with Gasteiger partial charge in [-0.2, -0.15) is 5.10 Å². The Balaban J connectivity index is 1.41. The zero-order chi connectivity index (χ0) is 24.1. The Morgan fingerprint density at radius 3 is 2.91 bits per heavy atom. The van der Waals surface area contributed by atoms with E-state index in [4.69, 9.17) is 0 Å². The van der Waals surface area contributed by atoms with Crippen LogP contribution in [0.25, 0.3) is 12.3 Å². The first kappa shape index (κ1) is 24.3. The van der Waals surface area contributed by atoms with Crippen molar-refractivity contribution < 1.29 is 18.7 Å². The highest BCUT2D eigenvalue weighted by molar-refractivity contribution is 5.97. The summed E-state index contributed by atoms with van der Waals surface area (Å²) in [5.74, 6) is -0.780. The van der Waals surface area contributed by atoms with Gasteiger partial charge in [0.25, 0.3) is 5.91 Å². The molecular weight excluding hydrogens is 438 g/mol. The Bertz CT molecular complexity index is 1050. The zero-order valence-corrected chi connectivity index (χ0v) is 19.3. The van der Waals surface area contributed by atoms with E-state index in [2.05, 4.69) is 21.9 Å². The maximum Gasteiger partial charge on any atom is 0.255 e. The van der Waals surface area contributed by atoms with E-state index in [1.165, 1.54) is 18.3 Å². The van der Waals surface area contributed by atoms with Crippen molar-refractivity contribution in [2.45, 2.75) is 50.6 Å². The van der Waals surface area contributed by atoms with Crippen molar-refractivity contribution in [2.24, 2.45) is 5.92 Å². The number of amides is 1. The number of benzene rings is 1. The summed E-state index contributed by atoms with van der Waals surface area (Å²) in [6, 6.07) is 3.48. The number of nitrogens with zero attached hydrogens (tertiary/aromatic N) is 3. The van der Waals surface area contributed by atoms with Crippen molar-refractivity contribution in [3.63, 3.8) is 0 Å². The van der Waals surface area contributed by atoms with E-state index in [1.54, 1.807) is 17.0 Å². The van der Waals surface area contributed by atoms with Gasteiger partial charge < -0.3 is 10.4 Å². The van der Waals surface area contributed by atoms with Crippen LogP contribution in [0.4, 0.5) is 8.78 Å². The molecule has 2 heterocycles. The molecule has 182 valence electrons. The van der Waals surface area contributed by atoms with Crippen molar-refractivity contribution in [2.75, 3.05) is 19.7 Å². The van der Waals surface area contributed by atoms with Crippen molar-refractivity contribution in [1.82, 2.24) is 20.0 Å². The average Bonchev–Trinajstić information content (AvgIpc) is 3.47. The number of aliphatic hydroxyl groups excluding tert-OH is 1. The van der Waals surface area contributed by atoms with E-state index in [9.17, 15) is 18.7 Å². The van der Waals surface area contributed by atoms with Gasteiger partial charge >= 0.3 is 0 Å². The maximum absolute atomic E-state index is 14.3. The molecule has 2 N–H and O–H groups in total. The maximum atomic E-state index is 14.3. The van der Waals surface area contributed by atoms with Crippen LogP contribution in [0, 0.1) is 17.6 Å². The van der Waals surface area contributed by atoms with Gasteiger partial charge in [-0.25, -0.2) is 13.5 Å². The molecule has 34 heavy (non-hydrogen) atoms. The largest absolute Gasteiger partial charge is 0.396 e. The summed E-state index contributed by atoms with van der Waals surface area (Å²) in [6.07, 6.45) is 12.2. The normalized spacial score (nSPS) is 23.4.